The summed E-state index contributed by atoms with van der Waals surface area (Å²) in [7, 11) is 0. The molecule has 0 aromatic heterocycles. The topological polar surface area (TPSA) is 59.4 Å². The van der Waals surface area contributed by atoms with Gasteiger partial charge in [0.15, 0.2) is 5.17 Å². The zero-order valence-corrected chi connectivity index (χ0v) is 16.9. The van der Waals surface area contributed by atoms with Crippen LogP contribution in [-0.2, 0) is 4.79 Å². The molecule has 1 fully saturated rings. The van der Waals surface area contributed by atoms with Gasteiger partial charge in [-0.1, -0.05) is 12.1 Å². The van der Waals surface area contributed by atoms with Gasteiger partial charge in [-0.2, -0.15) is 4.99 Å². The third-order valence-electron chi connectivity index (χ3n) is 4.99. The van der Waals surface area contributed by atoms with E-state index in [1.54, 1.807) is 0 Å². The lowest BCUT2D eigenvalue weighted by Crippen LogP contribution is -2.48. The van der Waals surface area contributed by atoms with Gasteiger partial charge in [-0.05, 0) is 49.4 Å². The number of amides is 1. The molecule has 7 heteroatoms. The molecule has 0 spiro atoms. The van der Waals surface area contributed by atoms with Crippen molar-refractivity contribution in [2.24, 2.45) is 4.99 Å². The molecule has 0 radical (unpaired) electrons. The summed E-state index contributed by atoms with van der Waals surface area (Å²) in [6, 6.07) is 8.32. The average molecular weight is 389 g/mol. The first-order chi connectivity index (χ1) is 13.1. The van der Waals surface area contributed by atoms with E-state index in [1.165, 1.54) is 17.4 Å². The van der Waals surface area contributed by atoms with Crippen LogP contribution in [0.1, 0.15) is 19.4 Å². The normalized spacial score (nSPS) is 19.7. The first-order valence-corrected chi connectivity index (χ1v) is 10.4. The molecule has 1 aromatic rings. The number of amidine groups is 1. The molecule has 2 aliphatic heterocycles. The summed E-state index contributed by atoms with van der Waals surface area (Å²) in [5.74, 6) is -0.152. The fourth-order valence-corrected chi connectivity index (χ4v) is 4.32. The Balaban J connectivity index is 1.62. The first kappa shape index (κ1) is 19.9. The molecular weight excluding hydrogens is 360 g/mol. The van der Waals surface area contributed by atoms with Gasteiger partial charge in [0, 0.05) is 51.5 Å². The molecular formula is C20H28N4O2S. The molecule has 146 valence electrons. The summed E-state index contributed by atoms with van der Waals surface area (Å²) in [6.45, 7) is 10.6. The van der Waals surface area contributed by atoms with Crippen molar-refractivity contribution in [1.82, 2.24) is 9.80 Å². The molecule has 3 rings (SSSR count). The monoisotopic (exact) mass is 388 g/mol. The minimum atomic E-state index is -0.152. The van der Waals surface area contributed by atoms with E-state index in [4.69, 9.17) is 5.11 Å². The molecule has 1 N–H and O–H groups in total. The van der Waals surface area contributed by atoms with Crippen molar-refractivity contribution in [3.63, 3.8) is 0 Å². The predicted molar refractivity (Wildman–Crippen MR) is 113 cm³/mol. The maximum absolute atomic E-state index is 12.3. The Morgan fingerprint density at radius 1 is 1.15 bits per heavy atom. The molecule has 1 amide bonds. The first-order valence-electron chi connectivity index (χ1n) is 9.60. The Hall–Kier alpha value is -1.83. The van der Waals surface area contributed by atoms with Crippen LogP contribution in [0.25, 0.3) is 6.08 Å². The van der Waals surface area contributed by atoms with E-state index in [-0.39, 0.29) is 12.5 Å². The standard InChI is InChI=1S/C20H28N4O2S/c1-3-23(4-2)17-7-5-16(6-8-17)15-18-19(26)21-20(27-18)24-11-9-22(10-12-24)13-14-25/h5-8,15,25H,3-4,9-14H2,1-2H3/b18-15-. The zero-order valence-electron chi connectivity index (χ0n) is 16.1. The van der Waals surface area contributed by atoms with Crippen LogP contribution in [0, 0.1) is 0 Å². The number of rotatable bonds is 6. The number of hydrogen-bond acceptors (Lipinski definition) is 6. The van der Waals surface area contributed by atoms with E-state index in [1.807, 2.05) is 6.08 Å². The summed E-state index contributed by atoms with van der Waals surface area (Å²) < 4.78 is 0. The lowest BCUT2D eigenvalue weighted by molar-refractivity contribution is -0.113. The van der Waals surface area contributed by atoms with Crippen molar-refractivity contribution in [1.29, 1.82) is 0 Å². The minimum Gasteiger partial charge on any atom is -0.395 e. The van der Waals surface area contributed by atoms with Gasteiger partial charge >= 0.3 is 0 Å². The molecule has 0 unspecified atom stereocenters. The van der Waals surface area contributed by atoms with E-state index < -0.39 is 0 Å². The number of aliphatic hydroxyl groups is 1. The summed E-state index contributed by atoms with van der Waals surface area (Å²) in [6.07, 6.45) is 1.93. The van der Waals surface area contributed by atoms with Gasteiger partial charge < -0.3 is 14.9 Å². The van der Waals surface area contributed by atoms with Crippen LogP contribution in [0.4, 0.5) is 5.69 Å². The number of carbonyl (C=O) groups excluding carboxylic acids is 1. The quantitative estimate of drug-likeness (QED) is 0.754. The maximum atomic E-state index is 12.3. The largest absolute Gasteiger partial charge is 0.395 e. The van der Waals surface area contributed by atoms with E-state index in [9.17, 15) is 4.79 Å². The molecule has 27 heavy (non-hydrogen) atoms. The Morgan fingerprint density at radius 2 is 1.81 bits per heavy atom. The smallest absolute Gasteiger partial charge is 0.286 e. The van der Waals surface area contributed by atoms with E-state index >= 15 is 0 Å². The molecule has 0 aliphatic carbocycles. The third-order valence-corrected chi connectivity index (χ3v) is 6.03. The van der Waals surface area contributed by atoms with Gasteiger partial charge in [-0.3, -0.25) is 9.69 Å². The second-order valence-corrected chi connectivity index (χ2v) is 7.64. The summed E-state index contributed by atoms with van der Waals surface area (Å²) in [4.78, 5) is 23.9. The van der Waals surface area contributed by atoms with Crippen molar-refractivity contribution in [3.8, 4) is 0 Å². The number of thioether (sulfide) groups is 1. The van der Waals surface area contributed by atoms with Gasteiger partial charge in [-0.25, -0.2) is 0 Å². The number of β-amino-alcohol motifs (C(OH)–C–C–N with tert-alkyl or cyclic N) is 1. The molecule has 6 nitrogen and oxygen atoms in total. The highest BCUT2D eigenvalue weighted by atomic mass is 32.2. The van der Waals surface area contributed by atoms with Gasteiger partial charge in [0.25, 0.3) is 5.91 Å². The summed E-state index contributed by atoms with van der Waals surface area (Å²) in [5.41, 5.74) is 2.22. The van der Waals surface area contributed by atoms with Crippen molar-refractivity contribution >= 4 is 34.6 Å². The highest BCUT2D eigenvalue weighted by Gasteiger charge is 2.28. The number of nitrogens with zero attached hydrogens (tertiary/aromatic N) is 4. The van der Waals surface area contributed by atoms with Crippen LogP contribution in [0.3, 0.4) is 0 Å². The lowest BCUT2D eigenvalue weighted by Gasteiger charge is -2.34. The van der Waals surface area contributed by atoms with Crippen LogP contribution in [0.2, 0.25) is 0 Å². The number of anilines is 1. The Kier molecular flexibility index (Phi) is 6.93. The van der Waals surface area contributed by atoms with Gasteiger partial charge in [-0.15, -0.1) is 0 Å². The number of hydrogen-bond donors (Lipinski definition) is 1. The highest BCUT2D eigenvalue weighted by Crippen LogP contribution is 2.31. The molecule has 0 atom stereocenters. The maximum Gasteiger partial charge on any atom is 0.286 e. The summed E-state index contributed by atoms with van der Waals surface area (Å²) in [5, 5.41) is 9.84. The summed E-state index contributed by atoms with van der Waals surface area (Å²) >= 11 is 1.46. The van der Waals surface area contributed by atoms with Crippen molar-refractivity contribution < 1.29 is 9.90 Å². The minimum absolute atomic E-state index is 0.152. The van der Waals surface area contributed by atoms with Crippen LogP contribution in [0.15, 0.2) is 34.2 Å². The average Bonchev–Trinajstić information content (AvgIpc) is 3.05. The van der Waals surface area contributed by atoms with E-state index in [2.05, 4.69) is 57.8 Å². The van der Waals surface area contributed by atoms with Crippen LogP contribution in [0.5, 0.6) is 0 Å². The molecule has 1 aromatic carbocycles. The van der Waals surface area contributed by atoms with Crippen molar-refractivity contribution in [3.05, 3.63) is 34.7 Å². The number of aliphatic imine (C=N–C) groups is 1. The number of benzene rings is 1. The Labute approximate surface area is 165 Å². The predicted octanol–water partition coefficient (Wildman–Crippen LogP) is 2.11. The van der Waals surface area contributed by atoms with Crippen LogP contribution in [-0.4, -0.2) is 78.4 Å². The molecule has 0 bridgehead atoms. The number of carbonyl (C=O) groups is 1. The molecule has 2 heterocycles. The Bertz CT molecular complexity index is 705. The number of aliphatic hydroxyl groups excluding tert-OH is 1. The number of piperazine rings is 1. The van der Waals surface area contributed by atoms with Gasteiger partial charge in [0.2, 0.25) is 0 Å². The SMILES string of the molecule is CCN(CC)c1ccc(/C=C2\SC(N3CCN(CCO)CC3)=NC2=O)cc1. The van der Waals surface area contributed by atoms with E-state index in [0.717, 1.165) is 50.0 Å². The highest BCUT2D eigenvalue weighted by molar-refractivity contribution is 8.18. The van der Waals surface area contributed by atoms with Crippen LogP contribution < -0.4 is 4.90 Å². The third kappa shape index (κ3) is 4.91. The second-order valence-electron chi connectivity index (χ2n) is 6.63. The Morgan fingerprint density at radius 3 is 2.41 bits per heavy atom. The van der Waals surface area contributed by atoms with Gasteiger partial charge in [0.05, 0.1) is 11.5 Å². The van der Waals surface area contributed by atoms with Crippen molar-refractivity contribution in [2.75, 3.05) is 57.3 Å². The fourth-order valence-electron chi connectivity index (χ4n) is 3.36. The molecule has 1 saturated heterocycles. The zero-order chi connectivity index (χ0) is 19.2. The molecule has 0 saturated carbocycles. The second kappa shape index (κ2) is 9.39. The fraction of sp³-hybridized carbons (Fsp3) is 0.500. The van der Waals surface area contributed by atoms with E-state index in [0.29, 0.717) is 11.4 Å². The van der Waals surface area contributed by atoms with Crippen LogP contribution >= 0.6 is 11.8 Å². The van der Waals surface area contributed by atoms with Crippen molar-refractivity contribution in [2.45, 2.75) is 13.8 Å². The lowest BCUT2D eigenvalue weighted by atomic mass is 10.2. The molecule has 2 aliphatic rings. The van der Waals surface area contributed by atoms with Gasteiger partial charge in [0.1, 0.15) is 0 Å².